The minimum atomic E-state index is -4.47. The Morgan fingerprint density at radius 3 is 2.40 bits per heavy atom. The molecule has 6 heteroatoms. The summed E-state index contributed by atoms with van der Waals surface area (Å²) in [4.78, 5) is 0. The Kier molecular flexibility index (Phi) is 3.62. The second kappa shape index (κ2) is 4.40. The van der Waals surface area contributed by atoms with E-state index >= 15 is 0 Å². The molecule has 0 bridgehead atoms. The van der Waals surface area contributed by atoms with Gasteiger partial charge in [-0.15, -0.1) is 0 Å². The normalized spacial score (nSPS) is 11.6. The minimum absolute atomic E-state index is 0.00171. The summed E-state index contributed by atoms with van der Waals surface area (Å²) < 4.78 is 43.1. The maximum absolute atomic E-state index is 12.7. The van der Waals surface area contributed by atoms with E-state index in [-0.39, 0.29) is 17.9 Å². The van der Waals surface area contributed by atoms with Gasteiger partial charge in [-0.05, 0) is 17.7 Å². The Morgan fingerprint density at radius 2 is 2.00 bits per heavy atom. The van der Waals surface area contributed by atoms with Crippen LogP contribution in [0.1, 0.15) is 11.1 Å². The molecule has 0 spiro atoms. The molecule has 0 fully saturated rings. The van der Waals surface area contributed by atoms with E-state index in [0.29, 0.717) is 4.47 Å². The number of ether oxygens (including phenoxy) is 1. The van der Waals surface area contributed by atoms with Gasteiger partial charge in [-0.2, -0.15) is 13.2 Å². The zero-order valence-electron chi connectivity index (χ0n) is 7.86. The maximum atomic E-state index is 12.7. The van der Waals surface area contributed by atoms with E-state index in [1.165, 1.54) is 19.2 Å². The van der Waals surface area contributed by atoms with Crippen LogP contribution < -0.4 is 10.5 Å². The zero-order valence-corrected chi connectivity index (χ0v) is 9.45. The van der Waals surface area contributed by atoms with Crippen LogP contribution in [-0.4, -0.2) is 7.11 Å². The molecule has 0 saturated carbocycles. The van der Waals surface area contributed by atoms with Gasteiger partial charge in [0.05, 0.1) is 7.11 Å². The van der Waals surface area contributed by atoms with Gasteiger partial charge in [0.25, 0.3) is 0 Å². The molecular formula is C9H9BrF3NO. The topological polar surface area (TPSA) is 35.2 Å². The molecule has 84 valence electrons. The largest absolute Gasteiger partial charge is 0.496 e. The second-order valence-corrected chi connectivity index (χ2v) is 3.66. The van der Waals surface area contributed by atoms with E-state index in [4.69, 9.17) is 5.73 Å². The van der Waals surface area contributed by atoms with Gasteiger partial charge in [0.15, 0.2) is 0 Å². The number of rotatable bonds is 2. The molecule has 15 heavy (non-hydrogen) atoms. The highest BCUT2D eigenvalue weighted by atomic mass is 79.9. The Labute approximate surface area is 93.3 Å². The summed E-state index contributed by atoms with van der Waals surface area (Å²) in [6.07, 6.45) is -4.47. The summed E-state index contributed by atoms with van der Waals surface area (Å²) >= 11 is 3.03. The molecule has 0 saturated heterocycles. The van der Waals surface area contributed by atoms with Crippen LogP contribution in [0, 0.1) is 0 Å². The smallest absolute Gasteiger partial charge is 0.420 e. The fourth-order valence-electron chi connectivity index (χ4n) is 1.28. The summed E-state index contributed by atoms with van der Waals surface area (Å²) in [6, 6.07) is 2.74. The van der Waals surface area contributed by atoms with Crippen LogP contribution in [0.4, 0.5) is 13.2 Å². The predicted octanol–water partition coefficient (Wildman–Crippen LogP) is 2.94. The molecule has 1 aromatic rings. The van der Waals surface area contributed by atoms with E-state index in [9.17, 15) is 13.2 Å². The van der Waals surface area contributed by atoms with Crippen LogP contribution in [0.5, 0.6) is 5.75 Å². The molecule has 0 heterocycles. The first-order valence-electron chi connectivity index (χ1n) is 4.04. The highest BCUT2D eigenvalue weighted by Crippen LogP contribution is 2.41. The van der Waals surface area contributed by atoms with Crippen molar-refractivity contribution < 1.29 is 17.9 Å². The number of halogens is 4. The van der Waals surface area contributed by atoms with E-state index in [0.717, 1.165) is 0 Å². The van der Waals surface area contributed by atoms with Crippen molar-refractivity contribution >= 4 is 15.9 Å². The molecule has 1 aromatic carbocycles. The third kappa shape index (κ3) is 2.43. The number of benzene rings is 1. The molecule has 2 nitrogen and oxygen atoms in total. The van der Waals surface area contributed by atoms with Crippen LogP contribution in [0.15, 0.2) is 16.6 Å². The highest BCUT2D eigenvalue weighted by molar-refractivity contribution is 9.10. The first kappa shape index (κ1) is 12.3. The number of hydrogen-bond acceptors (Lipinski definition) is 2. The second-order valence-electron chi connectivity index (χ2n) is 2.81. The molecular weight excluding hydrogens is 275 g/mol. The van der Waals surface area contributed by atoms with Gasteiger partial charge in [-0.1, -0.05) is 15.9 Å². The van der Waals surface area contributed by atoms with E-state index in [1.807, 2.05) is 0 Å². The lowest BCUT2D eigenvalue weighted by Gasteiger charge is -2.16. The summed E-state index contributed by atoms with van der Waals surface area (Å²) in [7, 11) is 1.19. The third-order valence-electron chi connectivity index (χ3n) is 1.93. The van der Waals surface area contributed by atoms with Crippen molar-refractivity contribution in [3.05, 3.63) is 27.7 Å². The molecule has 0 aliphatic rings. The van der Waals surface area contributed by atoms with Gasteiger partial charge in [0.1, 0.15) is 11.3 Å². The van der Waals surface area contributed by atoms with Crippen molar-refractivity contribution in [3.63, 3.8) is 0 Å². The fourth-order valence-corrected chi connectivity index (χ4v) is 1.77. The van der Waals surface area contributed by atoms with Gasteiger partial charge >= 0.3 is 6.18 Å². The van der Waals surface area contributed by atoms with Crippen molar-refractivity contribution in [2.24, 2.45) is 5.73 Å². The number of methoxy groups -OCH3 is 1. The van der Waals surface area contributed by atoms with E-state index < -0.39 is 11.7 Å². The third-order valence-corrected chi connectivity index (χ3v) is 2.67. The summed E-state index contributed by atoms with van der Waals surface area (Å²) in [5.41, 5.74) is 4.47. The van der Waals surface area contributed by atoms with Crippen LogP contribution in [0.25, 0.3) is 0 Å². The van der Waals surface area contributed by atoms with Crippen molar-refractivity contribution in [1.82, 2.24) is 0 Å². The number of hydrogen-bond donors (Lipinski definition) is 1. The molecule has 2 N–H and O–H groups in total. The van der Waals surface area contributed by atoms with Gasteiger partial charge in [-0.3, -0.25) is 0 Å². The molecule has 1 rings (SSSR count). The van der Waals surface area contributed by atoms with Crippen molar-refractivity contribution in [2.45, 2.75) is 12.7 Å². The summed E-state index contributed by atoms with van der Waals surface area (Å²) in [6.45, 7) is -0.202. The highest BCUT2D eigenvalue weighted by Gasteiger charge is 2.37. The molecule has 0 aromatic heterocycles. The van der Waals surface area contributed by atoms with Gasteiger partial charge < -0.3 is 10.5 Å². The standard InChI is InChI=1S/C9H9BrF3NO/c1-15-7-3-2-6(10)5(4-14)8(7)9(11,12)13/h2-3H,4,14H2,1H3. The summed E-state index contributed by atoms with van der Waals surface area (Å²) in [5.74, 6) is -0.217. The number of alkyl halides is 3. The SMILES string of the molecule is COc1ccc(Br)c(CN)c1C(F)(F)F. The lowest BCUT2D eigenvalue weighted by molar-refractivity contribution is -0.139. The van der Waals surface area contributed by atoms with Crippen molar-refractivity contribution in [2.75, 3.05) is 7.11 Å². The predicted molar refractivity (Wildman–Crippen MR) is 53.6 cm³/mol. The lowest BCUT2D eigenvalue weighted by Crippen LogP contribution is -2.14. The summed E-state index contributed by atoms with van der Waals surface area (Å²) in [5, 5.41) is 0. The Balaban J connectivity index is 3.48. The van der Waals surface area contributed by atoms with E-state index in [1.54, 1.807) is 0 Å². The van der Waals surface area contributed by atoms with Crippen LogP contribution in [0.2, 0.25) is 0 Å². The van der Waals surface area contributed by atoms with Crippen molar-refractivity contribution in [3.8, 4) is 5.75 Å². The average molecular weight is 284 g/mol. The molecule has 0 aliphatic carbocycles. The molecule has 0 radical (unpaired) electrons. The van der Waals surface area contributed by atoms with Crippen molar-refractivity contribution in [1.29, 1.82) is 0 Å². The maximum Gasteiger partial charge on any atom is 0.420 e. The molecule has 0 unspecified atom stereocenters. The molecule has 0 atom stereocenters. The van der Waals surface area contributed by atoms with E-state index in [2.05, 4.69) is 20.7 Å². The quantitative estimate of drug-likeness (QED) is 0.906. The van der Waals surface area contributed by atoms with Crippen LogP contribution >= 0.6 is 15.9 Å². The number of nitrogens with two attached hydrogens (primary N) is 1. The van der Waals surface area contributed by atoms with Gasteiger partial charge in [0.2, 0.25) is 0 Å². The first-order valence-corrected chi connectivity index (χ1v) is 4.83. The molecule has 0 amide bonds. The first-order chi connectivity index (χ1) is 6.91. The monoisotopic (exact) mass is 283 g/mol. The van der Waals surface area contributed by atoms with Gasteiger partial charge in [-0.25, -0.2) is 0 Å². The molecule has 0 aliphatic heterocycles. The Bertz CT molecular complexity index is 365. The Morgan fingerprint density at radius 1 is 1.40 bits per heavy atom. The van der Waals surface area contributed by atoms with Gasteiger partial charge in [0, 0.05) is 11.0 Å². The Hall–Kier alpha value is -0.750. The zero-order chi connectivity index (χ0) is 11.6. The van der Waals surface area contributed by atoms with Crippen LogP contribution in [0.3, 0.4) is 0 Å². The lowest BCUT2D eigenvalue weighted by atomic mass is 10.1. The fraction of sp³-hybridized carbons (Fsp3) is 0.333. The minimum Gasteiger partial charge on any atom is -0.496 e. The van der Waals surface area contributed by atoms with Crippen LogP contribution in [-0.2, 0) is 12.7 Å². The average Bonchev–Trinajstić information content (AvgIpc) is 2.15.